The largest absolute Gasteiger partial charge is 0.360 e. The van der Waals surface area contributed by atoms with Crippen LogP contribution in [0, 0.1) is 5.92 Å². The van der Waals surface area contributed by atoms with E-state index in [4.69, 9.17) is 11.6 Å². The number of alkyl halides is 1. The smallest absolute Gasteiger partial charge is 0.296 e. The van der Waals surface area contributed by atoms with E-state index >= 15 is 0 Å². The van der Waals surface area contributed by atoms with Crippen molar-refractivity contribution >= 4 is 17.6 Å². The monoisotopic (exact) mass is 206 g/mol. The number of carbonyl (C=O) groups excluding carboxylic acids is 1. The highest BCUT2D eigenvalue weighted by atomic mass is 35.5. The summed E-state index contributed by atoms with van der Waals surface area (Å²) in [6.45, 7) is 5.78. The number of hydrogen-bond donors (Lipinski definition) is 0. The molecule has 0 rings (SSSR count). The molecule has 1 unspecified atom stereocenters. The maximum absolute atomic E-state index is 11.0. The summed E-state index contributed by atoms with van der Waals surface area (Å²) < 4.78 is 0. The first-order valence-electron chi connectivity index (χ1n) is 4.18. The minimum absolute atomic E-state index is 0.0412. The molecule has 0 aromatic rings. The van der Waals surface area contributed by atoms with E-state index in [2.05, 4.69) is 9.78 Å². The number of allylic oxidation sites excluding steroid dienone is 1. The van der Waals surface area contributed by atoms with E-state index in [0.29, 0.717) is 0 Å². The van der Waals surface area contributed by atoms with Crippen LogP contribution in [0.3, 0.4) is 0 Å². The zero-order chi connectivity index (χ0) is 10.3. The second kappa shape index (κ2) is 6.92. The maximum atomic E-state index is 11.0. The van der Waals surface area contributed by atoms with Crippen molar-refractivity contribution in [3.05, 3.63) is 12.2 Å². The van der Waals surface area contributed by atoms with Gasteiger partial charge in [0, 0.05) is 0 Å². The Bertz CT molecular complexity index is 178. The number of halogens is 1. The van der Waals surface area contributed by atoms with Gasteiger partial charge < -0.3 is 0 Å². The Labute approximate surface area is 83.6 Å². The Kier molecular flexibility index (Phi) is 6.63. The molecule has 0 saturated carbocycles. The lowest BCUT2D eigenvalue weighted by Gasteiger charge is -2.10. The third-order valence-electron chi connectivity index (χ3n) is 1.35. The highest BCUT2D eigenvalue weighted by molar-refractivity contribution is 6.30. The predicted molar refractivity (Wildman–Crippen MR) is 51.3 cm³/mol. The molecule has 0 spiro atoms. The van der Waals surface area contributed by atoms with E-state index in [-0.39, 0.29) is 12.5 Å². The molecule has 13 heavy (non-hydrogen) atoms. The zero-order valence-electron chi connectivity index (χ0n) is 8.12. The van der Waals surface area contributed by atoms with E-state index < -0.39 is 11.3 Å². The number of carbonyl (C=O) groups is 1. The van der Waals surface area contributed by atoms with Gasteiger partial charge in [0.05, 0.1) is 0 Å². The minimum atomic E-state index is -0.648. The summed E-state index contributed by atoms with van der Waals surface area (Å²) in [5, 5.41) is -0.648. The Morgan fingerprint density at radius 2 is 2.15 bits per heavy atom. The molecule has 3 nitrogen and oxygen atoms in total. The molecule has 0 aliphatic carbocycles. The van der Waals surface area contributed by atoms with Gasteiger partial charge in [-0.2, -0.15) is 4.89 Å². The topological polar surface area (TPSA) is 35.5 Å². The van der Waals surface area contributed by atoms with Crippen LogP contribution in [-0.2, 0) is 14.6 Å². The molecular formula is C9H15ClO3. The van der Waals surface area contributed by atoms with Crippen LogP contribution in [0.1, 0.15) is 20.8 Å². The number of rotatable bonds is 5. The van der Waals surface area contributed by atoms with Crippen molar-refractivity contribution in [2.45, 2.75) is 26.1 Å². The van der Waals surface area contributed by atoms with Gasteiger partial charge in [0.25, 0.3) is 0 Å². The van der Waals surface area contributed by atoms with Crippen LogP contribution >= 0.6 is 11.6 Å². The standard InChI is InChI=1S/C9H15ClO3/c1-4-5-6-12-13-9(11)8(10)7(2)3/h4-5,7-8H,6H2,1-3H3/b5-4+. The Morgan fingerprint density at radius 3 is 2.62 bits per heavy atom. The lowest BCUT2D eigenvalue weighted by atomic mass is 10.1. The predicted octanol–water partition coefficient (Wildman–Crippen LogP) is 2.30. The van der Waals surface area contributed by atoms with E-state index in [9.17, 15) is 4.79 Å². The maximum Gasteiger partial charge on any atom is 0.360 e. The molecule has 0 radical (unpaired) electrons. The molecule has 0 aromatic carbocycles. The Morgan fingerprint density at radius 1 is 1.54 bits per heavy atom. The summed E-state index contributed by atoms with van der Waals surface area (Å²) in [5.74, 6) is -0.499. The van der Waals surface area contributed by atoms with Gasteiger partial charge in [0.15, 0.2) is 0 Å². The quantitative estimate of drug-likeness (QED) is 0.228. The van der Waals surface area contributed by atoms with Crippen LogP contribution in [0.25, 0.3) is 0 Å². The van der Waals surface area contributed by atoms with Crippen LogP contribution in [0.5, 0.6) is 0 Å². The summed E-state index contributed by atoms with van der Waals surface area (Å²) in [5.41, 5.74) is 0. The summed E-state index contributed by atoms with van der Waals surface area (Å²) in [7, 11) is 0. The van der Waals surface area contributed by atoms with E-state index in [1.165, 1.54) is 0 Å². The average molecular weight is 207 g/mol. The summed E-state index contributed by atoms with van der Waals surface area (Å²) >= 11 is 5.71. The summed E-state index contributed by atoms with van der Waals surface area (Å²) in [6.07, 6.45) is 3.53. The fraction of sp³-hybridized carbons (Fsp3) is 0.667. The van der Waals surface area contributed by atoms with Crippen molar-refractivity contribution in [3.63, 3.8) is 0 Å². The van der Waals surface area contributed by atoms with Gasteiger partial charge in [0.2, 0.25) is 0 Å². The summed E-state index contributed by atoms with van der Waals surface area (Å²) in [4.78, 5) is 20.1. The molecule has 0 aliphatic rings. The zero-order valence-corrected chi connectivity index (χ0v) is 8.88. The van der Waals surface area contributed by atoms with Crippen molar-refractivity contribution < 1.29 is 14.6 Å². The third kappa shape index (κ3) is 5.66. The first-order valence-corrected chi connectivity index (χ1v) is 4.61. The van der Waals surface area contributed by atoms with Gasteiger partial charge >= 0.3 is 5.97 Å². The molecule has 0 aliphatic heterocycles. The van der Waals surface area contributed by atoms with Crippen LogP contribution in [0.4, 0.5) is 0 Å². The van der Waals surface area contributed by atoms with Gasteiger partial charge in [-0.3, -0.25) is 4.89 Å². The second-order valence-corrected chi connectivity index (χ2v) is 3.37. The van der Waals surface area contributed by atoms with Gasteiger partial charge in [-0.05, 0) is 12.8 Å². The van der Waals surface area contributed by atoms with Crippen LogP contribution in [0.2, 0.25) is 0 Å². The molecule has 0 aromatic heterocycles. The third-order valence-corrected chi connectivity index (χ3v) is 2.03. The molecule has 76 valence electrons. The highest BCUT2D eigenvalue weighted by Crippen LogP contribution is 2.10. The van der Waals surface area contributed by atoms with Crippen LogP contribution in [0.15, 0.2) is 12.2 Å². The van der Waals surface area contributed by atoms with Gasteiger partial charge in [-0.1, -0.05) is 26.0 Å². The molecule has 1 atom stereocenters. The van der Waals surface area contributed by atoms with Gasteiger partial charge in [-0.15, -0.1) is 11.6 Å². The molecular weight excluding hydrogens is 192 g/mol. The average Bonchev–Trinajstić information content (AvgIpc) is 2.10. The number of hydrogen-bond acceptors (Lipinski definition) is 3. The molecule has 0 bridgehead atoms. The molecule has 0 N–H and O–H groups in total. The van der Waals surface area contributed by atoms with Crippen LogP contribution in [-0.4, -0.2) is 18.0 Å². The van der Waals surface area contributed by atoms with Crippen molar-refractivity contribution in [3.8, 4) is 0 Å². The minimum Gasteiger partial charge on any atom is -0.296 e. The molecule has 0 heterocycles. The van der Waals surface area contributed by atoms with E-state index in [0.717, 1.165) is 0 Å². The second-order valence-electron chi connectivity index (χ2n) is 2.90. The fourth-order valence-corrected chi connectivity index (χ4v) is 0.582. The fourth-order valence-electron chi connectivity index (χ4n) is 0.546. The Balaban J connectivity index is 3.62. The van der Waals surface area contributed by atoms with Crippen molar-refractivity contribution in [2.75, 3.05) is 6.61 Å². The van der Waals surface area contributed by atoms with E-state index in [1.807, 2.05) is 20.8 Å². The molecule has 4 heteroatoms. The van der Waals surface area contributed by atoms with Crippen molar-refractivity contribution in [2.24, 2.45) is 5.92 Å². The molecule has 0 amide bonds. The molecule has 0 saturated heterocycles. The summed E-state index contributed by atoms with van der Waals surface area (Å²) in [6, 6.07) is 0. The SMILES string of the molecule is C/C=C/COOC(=O)C(Cl)C(C)C. The highest BCUT2D eigenvalue weighted by Gasteiger charge is 2.21. The first kappa shape index (κ1) is 12.5. The van der Waals surface area contributed by atoms with Gasteiger partial charge in [0.1, 0.15) is 12.0 Å². The Hall–Kier alpha value is -0.540. The lowest BCUT2D eigenvalue weighted by Crippen LogP contribution is -2.23. The van der Waals surface area contributed by atoms with Crippen LogP contribution < -0.4 is 0 Å². The molecule has 0 fully saturated rings. The normalized spacial score (nSPS) is 13.6. The lowest BCUT2D eigenvalue weighted by molar-refractivity contribution is -0.265. The van der Waals surface area contributed by atoms with Gasteiger partial charge in [-0.25, -0.2) is 4.79 Å². The van der Waals surface area contributed by atoms with E-state index in [1.54, 1.807) is 12.2 Å². The van der Waals surface area contributed by atoms with Crippen molar-refractivity contribution in [1.29, 1.82) is 0 Å². The van der Waals surface area contributed by atoms with Crippen molar-refractivity contribution in [1.82, 2.24) is 0 Å². The first-order chi connectivity index (χ1) is 6.09.